The lowest BCUT2D eigenvalue weighted by Gasteiger charge is -2.26. The Morgan fingerprint density at radius 1 is 1.15 bits per heavy atom. The lowest BCUT2D eigenvalue weighted by Crippen LogP contribution is -2.33. The molecule has 2 aromatic carbocycles. The van der Waals surface area contributed by atoms with Crippen molar-refractivity contribution < 1.29 is 24.4 Å². The lowest BCUT2D eigenvalue weighted by atomic mass is 9.95. The lowest BCUT2D eigenvalue weighted by molar-refractivity contribution is -0.384. The van der Waals surface area contributed by atoms with Gasteiger partial charge in [-0.2, -0.15) is 0 Å². The monoisotopic (exact) mass is 467 g/mol. The number of ketones is 1. The summed E-state index contributed by atoms with van der Waals surface area (Å²) in [7, 11) is 1.51. The summed E-state index contributed by atoms with van der Waals surface area (Å²) < 4.78 is 5.14. The maximum absolute atomic E-state index is 13.1. The number of aliphatic hydroxyl groups excluding tert-OH is 1. The van der Waals surface area contributed by atoms with Gasteiger partial charge in [-0.15, -0.1) is 0 Å². The van der Waals surface area contributed by atoms with Crippen LogP contribution >= 0.6 is 0 Å². The Morgan fingerprint density at radius 3 is 2.41 bits per heavy atom. The summed E-state index contributed by atoms with van der Waals surface area (Å²) in [5, 5.41) is 22.5. The molecule has 0 aromatic heterocycles. The maximum Gasteiger partial charge on any atom is 0.295 e. The summed E-state index contributed by atoms with van der Waals surface area (Å²) in [5.74, 6) is -1.30. The quantitative estimate of drug-likeness (QED) is 0.186. The third-order valence-electron chi connectivity index (χ3n) is 6.07. The normalized spacial score (nSPS) is 17.4. The average molecular weight is 468 g/mol. The van der Waals surface area contributed by atoms with Gasteiger partial charge in [0, 0.05) is 24.2 Å². The van der Waals surface area contributed by atoms with Crippen LogP contribution in [-0.4, -0.2) is 64.8 Å². The number of methoxy groups -OCH3 is 1. The van der Waals surface area contributed by atoms with E-state index >= 15 is 0 Å². The largest absolute Gasteiger partial charge is 0.507 e. The minimum Gasteiger partial charge on any atom is -0.507 e. The molecule has 3 rings (SSSR count). The minimum atomic E-state index is -0.932. The zero-order valence-electron chi connectivity index (χ0n) is 19.6. The molecule has 34 heavy (non-hydrogen) atoms. The van der Waals surface area contributed by atoms with E-state index in [9.17, 15) is 24.8 Å². The summed E-state index contributed by atoms with van der Waals surface area (Å²) in [6.07, 6.45) is 0.614. The van der Waals surface area contributed by atoms with E-state index < -0.39 is 22.7 Å². The summed E-state index contributed by atoms with van der Waals surface area (Å²) in [5.41, 5.74) is 0.498. The Balaban J connectivity index is 2.07. The Hall–Kier alpha value is -3.72. The first kappa shape index (κ1) is 24.9. The number of nitro groups is 1. The number of rotatable bonds is 10. The molecule has 0 saturated carbocycles. The van der Waals surface area contributed by atoms with Crippen molar-refractivity contribution in [3.05, 3.63) is 75.3 Å². The minimum absolute atomic E-state index is 0.0847. The van der Waals surface area contributed by atoms with Crippen LogP contribution in [0.15, 0.2) is 54.1 Å². The van der Waals surface area contributed by atoms with Crippen molar-refractivity contribution in [1.29, 1.82) is 0 Å². The molecule has 0 bridgehead atoms. The van der Waals surface area contributed by atoms with Gasteiger partial charge in [-0.05, 0) is 55.9 Å². The second-order valence-corrected chi connectivity index (χ2v) is 7.95. The molecule has 1 aliphatic rings. The van der Waals surface area contributed by atoms with Crippen LogP contribution in [0.25, 0.3) is 5.76 Å². The van der Waals surface area contributed by atoms with E-state index in [1.54, 1.807) is 30.3 Å². The molecule has 9 nitrogen and oxygen atoms in total. The number of ether oxygens (including phenoxy) is 1. The summed E-state index contributed by atoms with van der Waals surface area (Å²) in [4.78, 5) is 40.6. The number of amides is 1. The molecule has 1 fully saturated rings. The second kappa shape index (κ2) is 10.9. The molecule has 1 amide bonds. The summed E-state index contributed by atoms with van der Waals surface area (Å²) in [6, 6.07) is 11.3. The van der Waals surface area contributed by atoms with Crippen LogP contribution in [0, 0.1) is 10.1 Å². The summed E-state index contributed by atoms with van der Waals surface area (Å²) >= 11 is 0. The third-order valence-corrected chi connectivity index (χ3v) is 6.07. The number of Topliss-reactive ketones (excluding diaryl/α,β-unsaturated/α-hetero) is 1. The fraction of sp³-hybridized carbons (Fsp3) is 0.360. The molecule has 0 radical (unpaired) electrons. The van der Waals surface area contributed by atoms with Gasteiger partial charge in [-0.1, -0.05) is 26.0 Å². The van der Waals surface area contributed by atoms with Gasteiger partial charge in [-0.3, -0.25) is 19.7 Å². The first-order chi connectivity index (χ1) is 16.3. The highest BCUT2D eigenvalue weighted by atomic mass is 16.6. The Labute approximate surface area is 198 Å². The molecule has 1 unspecified atom stereocenters. The van der Waals surface area contributed by atoms with E-state index in [1.165, 1.54) is 30.2 Å². The van der Waals surface area contributed by atoms with Crippen molar-refractivity contribution in [1.82, 2.24) is 9.80 Å². The number of hydrogen-bond acceptors (Lipinski definition) is 7. The van der Waals surface area contributed by atoms with E-state index in [1.807, 2.05) is 13.8 Å². The third kappa shape index (κ3) is 5.09. The number of likely N-dealkylation sites (tertiary alicyclic amines) is 1. The van der Waals surface area contributed by atoms with E-state index in [0.29, 0.717) is 23.3 Å². The molecule has 1 heterocycles. The number of carbonyl (C=O) groups excluding carboxylic acids is 2. The van der Waals surface area contributed by atoms with Gasteiger partial charge in [0.2, 0.25) is 0 Å². The van der Waals surface area contributed by atoms with Crippen molar-refractivity contribution in [3.63, 3.8) is 0 Å². The molecule has 1 saturated heterocycles. The highest BCUT2D eigenvalue weighted by molar-refractivity contribution is 6.46. The highest BCUT2D eigenvalue weighted by Gasteiger charge is 2.46. The number of nitrogens with zero attached hydrogens (tertiary/aromatic N) is 3. The van der Waals surface area contributed by atoms with E-state index in [4.69, 9.17) is 4.74 Å². The van der Waals surface area contributed by atoms with Crippen molar-refractivity contribution in [2.45, 2.75) is 26.3 Å². The highest BCUT2D eigenvalue weighted by Crippen LogP contribution is 2.40. The number of carbonyl (C=O) groups is 2. The topological polar surface area (TPSA) is 113 Å². The van der Waals surface area contributed by atoms with Crippen molar-refractivity contribution in [2.24, 2.45) is 0 Å². The Morgan fingerprint density at radius 2 is 1.82 bits per heavy atom. The fourth-order valence-corrected chi connectivity index (χ4v) is 4.17. The van der Waals surface area contributed by atoms with Crippen molar-refractivity contribution in [3.8, 4) is 5.75 Å². The van der Waals surface area contributed by atoms with Gasteiger partial charge in [0.15, 0.2) is 0 Å². The van der Waals surface area contributed by atoms with E-state index in [0.717, 1.165) is 19.6 Å². The van der Waals surface area contributed by atoms with Crippen LogP contribution in [0.5, 0.6) is 5.75 Å². The van der Waals surface area contributed by atoms with Gasteiger partial charge in [0.05, 0.1) is 23.6 Å². The standard InChI is InChI=1S/C25H29N3O6/c1-4-26(5-2)14-7-15-27-22(18-8-6-9-19(16-18)28(32)33)21(24(30)25(27)31)23(29)17-10-12-20(34-3)13-11-17/h6,8-13,16,22,29H,4-5,7,14-15H2,1-3H3/b23-21-. The van der Waals surface area contributed by atoms with Gasteiger partial charge >= 0.3 is 0 Å². The fourth-order valence-electron chi connectivity index (χ4n) is 4.17. The number of benzene rings is 2. The Kier molecular flexibility index (Phi) is 8.01. The van der Waals surface area contributed by atoms with Crippen LogP contribution < -0.4 is 4.74 Å². The SMILES string of the molecule is CCN(CC)CCCN1C(=O)C(=O)/C(=C(\O)c2ccc(OC)cc2)C1c1cccc([N+](=O)[O-])c1. The van der Waals surface area contributed by atoms with Gasteiger partial charge in [-0.25, -0.2) is 0 Å². The van der Waals surface area contributed by atoms with Gasteiger partial charge < -0.3 is 19.6 Å². The van der Waals surface area contributed by atoms with Crippen molar-refractivity contribution >= 4 is 23.1 Å². The first-order valence-electron chi connectivity index (χ1n) is 11.2. The van der Waals surface area contributed by atoms with Gasteiger partial charge in [0.1, 0.15) is 11.5 Å². The average Bonchev–Trinajstić information content (AvgIpc) is 3.11. The Bertz CT molecular complexity index is 1090. The van der Waals surface area contributed by atoms with E-state index in [2.05, 4.69) is 4.90 Å². The molecule has 180 valence electrons. The molecule has 1 N–H and O–H groups in total. The molecular weight excluding hydrogens is 438 g/mol. The molecule has 9 heteroatoms. The van der Waals surface area contributed by atoms with Crippen LogP contribution in [-0.2, 0) is 9.59 Å². The number of hydrogen-bond donors (Lipinski definition) is 1. The van der Waals surface area contributed by atoms with Crippen LogP contribution in [0.3, 0.4) is 0 Å². The molecule has 2 aromatic rings. The first-order valence-corrected chi connectivity index (χ1v) is 11.2. The van der Waals surface area contributed by atoms with E-state index in [-0.39, 0.29) is 23.6 Å². The molecule has 1 atom stereocenters. The molecule has 0 aliphatic carbocycles. The molecule has 1 aliphatic heterocycles. The zero-order valence-corrected chi connectivity index (χ0v) is 19.6. The zero-order chi connectivity index (χ0) is 24.8. The van der Waals surface area contributed by atoms with Gasteiger partial charge in [0.25, 0.3) is 17.4 Å². The van der Waals surface area contributed by atoms with Crippen LogP contribution in [0.1, 0.15) is 37.4 Å². The maximum atomic E-state index is 13.1. The number of nitro benzene ring substituents is 1. The van der Waals surface area contributed by atoms with Crippen LogP contribution in [0.4, 0.5) is 5.69 Å². The smallest absolute Gasteiger partial charge is 0.295 e. The summed E-state index contributed by atoms with van der Waals surface area (Å²) in [6.45, 7) is 6.83. The molecular formula is C25H29N3O6. The predicted molar refractivity (Wildman–Crippen MR) is 128 cm³/mol. The van der Waals surface area contributed by atoms with Crippen molar-refractivity contribution in [2.75, 3.05) is 33.3 Å². The van der Waals surface area contributed by atoms with Crippen LogP contribution in [0.2, 0.25) is 0 Å². The predicted octanol–water partition coefficient (Wildman–Crippen LogP) is 3.76. The number of non-ortho nitro benzene ring substituents is 1. The number of aliphatic hydroxyl groups is 1. The molecule has 0 spiro atoms. The second-order valence-electron chi connectivity index (χ2n) is 7.95.